The summed E-state index contributed by atoms with van der Waals surface area (Å²) < 4.78 is 28.6. The van der Waals surface area contributed by atoms with Gasteiger partial charge in [-0.25, -0.2) is 8.42 Å². The van der Waals surface area contributed by atoms with Gasteiger partial charge in [0, 0.05) is 23.6 Å². The maximum Gasteiger partial charge on any atom is 0.264 e. The Morgan fingerprint density at radius 1 is 0.897 bits per heavy atom. The number of hydrogen-bond acceptors (Lipinski definition) is 4. The Morgan fingerprint density at radius 3 is 2.13 bits per heavy atom. The van der Waals surface area contributed by atoms with Crippen LogP contribution in [-0.4, -0.2) is 44.8 Å². The summed E-state index contributed by atoms with van der Waals surface area (Å²) in [6, 6.07) is 14.4. The van der Waals surface area contributed by atoms with Crippen LogP contribution in [0.3, 0.4) is 0 Å². The molecule has 0 heterocycles. The lowest BCUT2D eigenvalue weighted by Crippen LogP contribution is -2.51. The van der Waals surface area contributed by atoms with Crippen molar-refractivity contribution in [3.05, 3.63) is 91.9 Å². The SMILES string of the molecule is CCC(C(=O)NC)N(Cc1ccc(Cl)cc1Cl)C(=O)CN(c1ccc(Cl)c(Cl)c1)S(=O)(=O)c1ccc(C)cc1. The molecule has 7 nitrogen and oxygen atoms in total. The highest BCUT2D eigenvalue weighted by Gasteiger charge is 2.34. The minimum absolute atomic E-state index is 0.0161. The normalized spacial score (nSPS) is 12.1. The van der Waals surface area contributed by atoms with Gasteiger partial charge in [-0.15, -0.1) is 0 Å². The molecule has 3 aromatic carbocycles. The molecule has 0 aromatic heterocycles. The van der Waals surface area contributed by atoms with Gasteiger partial charge in [-0.2, -0.15) is 0 Å². The van der Waals surface area contributed by atoms with Crippen LogP contribution in [0.4, 0.5) is 5.69 Å². The molecule has 0 aliphatic heterocycles. The number of carbonyl (C=O) groups excluding carboxylic acids is 2. The highest BCUT2D eigenvalue weighted by atomic mass is 35.5. The molecule has 0 bridgehead atoms. The summed E-state index contributed by atoms with van der Waals surface area (Å²) in [4.78, 5) is 28.0. The number of hydrogen-bond donors (Lipinski definition) is 1. The zero-order valence-corrected chi connectivity index (χ0v) is 25.3. The Morgan fingerprint density at radius 2 is 1.56 bits per heavy atom. The zero-order chi connectivity index (χ0) is 28.9. The van der Waals surface area contributed by atoms with Crippen LogP contribution in [-0.2, 0) is 26.2 Å². The third kappa shape index (κ3) is 7.38. The third-order valence-corrected chi connectivity index (χ3v) is 9.18. The van der Waals surface area contributed by atoms with Gasteiger partial charge in [0.25, 0.3) is 10.0 Å². The van der Waals surface area contributed by atoms with Gasteiger partial charge in [-0.3, -0.25) is 13.9 Å². The van der Waals surface area contributed by atoms with Crippen LogP contribution in [0.5, 0.6) is 0 Å². The fraction of sp³-hybridized carbons (Fsp3) is 0.259. The van der Waals surface area contributed by atoms with Crippen molar-refractivity contribution < 1.29 is 18.0 Å². The Labute approximate surface area is 248 Å². The lowest BCUT2D eigenvalue weighted by atomic mass is 10.1. The smallest absolute Gasteiger partial charge is 0.264 e. The van der Waals surface area contributed by atoms with Gasteiger partial charge in [0.1, 0.15) is 12.6 Å². The van der Waals surface area contributed by atoms with Crippen LogP contribution in [0.1, 0.15) is 24.5 Å². The Bertz CT molecular complexity index is 1470. The van der Waals surface area contributed by atoms with Crippen LogP contribution >= 0.6 is 46.4 Å². The lowest BCUT2D eigenvalue weighted by molar-refractivity contribution is -0.140. The standard InChI is InChI=1S/C27H27Cl4N3O4S/c1-4-25(27(36)32-3)33(15-18-7-8-19(28)13-23(18)30)26(35)16-34(20-9-12-22(29)24(31)14-20)39(37,38)21-10-5-17(2)6-11-21/h5-14,25H,4,15-16H2,1-3H3,(H,32,36). The zero-order valence-electron chi connectivity index (χ0n) is 21.4. The van der Waals surface area contributed by atoms with Crippen molar-refractivity contribution in [2.45, 2.75) is 37.8 Å². The van der Waals surface area contributed by atoms with E-state index < -0.39 is 34.4 Å². The Balaban J connectivity index is 2.10. The van der Waals surface area contributed by atoms with Crippen LogP contribution < -0.4 is 9.62 Å². The van der Waals surface area contributed by atoms with E-state index in [1.807, 2.05) is 6.92 Å². The molecule has 1 N–H and O–H groups in total. The topological polar surface area (TPSA) is 86.8 Å². The summed E-state index contributed by atoms with van der Waals surface area (Å²) in [7, 11) is -2.77. The van der Waals surface area contributed by atoms with Crippen molar-refractivity contribution in [2.24, 2.45) is 0 Å². The summed E-state index contributed by atoms with van der Waals surface area (Å²) in [6.45, 7) is 2.91. The quantitative estimate of drug-likeness (QED) is 0.283. The molecule has 208 valence electrons. The molecule has 0 radical (unpaired) electrons. The van der Waals surface area contributed by atoms with E-state index in [4.69, 9.17) is 46.4 Å². The maximum absolute atomic E-state index is 13.9. The molecule has 12 heteroatoms. The number of sulfonamides is 1. The molecule has 2 amide bonds. The van der Waals surface area contributed by atoms with Gasteiger partial charge in [0.2, 0.25) is 11.8 Å². The second-order valence-electron chi connectivity index (χ2n) is 8.72. The molecule has 1 unspecified atom stereocenters. The number of benzene rings is 3. The maximum atomic E-state index is 13.9. The number of aryl methyl sites for hydroxylation is 1. The Hall–Kier alpha value is -2.49. The minimum atomic E-state index is -4.23. The average Bonchev–Trinajstić information content (AvgIpc) is 2.89. The number of halogens is 4. The first-order chi connectivity index (χ1) is 18.4. The third-order valence-electron chi connectivity index (χ3n) is 6.07. The first-order valence-corrected chi connectivity index (χ1v) is 14.8. The van der Waals surface area contributed by atoms with Crippen molar-refractivity contribution in [1.82, 2.24) is 10.2 Å². The fourth-order valence-electron chi connectivity index (χ4n) is 3.93. The van der Waals surface area contributed by atoms with Crippen molar-refractivity contribution in [3.63, 3.8) is 0 Å². The van der Waals surface area contributed by atoms with E-state index in [2.05, 4.69) is 5.32 Å². The van der Waals surface area contributed by atoms with Gasteiger partial charge < -0.3 is 10.2 Å². The number of nitrogens with one attached hydrogen (secondary N) is 1. The molecule has 39 heavy (non-hydrogen) atoms. The van der Waals surface area contributed by atoms with E-state index in [0.29, 0.717) is 15.6 Å². The van der Waals surface area contributed by atoms with Crippen molar-refractivity contribution in [3.8, 4) is 0 Å². The van der Waals surface area contributed by atoms with E-state index in [1.165, 1.54) is 48.3 Å². The molecular weight excluding hydrogens is 604 g/mol. The molecule has 0 spiro atoms. The van der Waals surface area contributed by atoms with E-state index in [0.717, 1.165) is 9.87 Å². The van der Waals surface area contributed by atoms with E-state index >= 15 is 0 Å². The van der Waals surface area contributed by atoms with Crippen LogP contribution in [0.2, 0.25) is 20.1 Å². The summed E-state index contributed by atoms with van der Waals surface area (Å²) in [5, 5.41) is 3.63. The van der Waals surface area contributed by atoms with Crippen molar-refractivity contribution >= 4 is 73.9 Å². The van der Waals surface area contributed by atoms with Gasteiger partial charge in [0.05, 0.1) is 20.6 Å². The van der Waals surface area contributed by atoms with E-state index in [9.17, 15) is 18.0 Å². The minimum Gasteiger partial charge on any atom is -0.357 e. The van der Waals surface area contributed by atoms with Crippen LogP contribution in [0, 0.1) is 6.92 Å². The summed E-state index contributed by atoms with van der Waals surface area (Å²) >= 11 is 24.7. The summed E-state index contributed by atoms with van der Waals surface area (Å²) in [5.41, 5.74) is 1.54. The van der Waals surface area contributed by atoms with Gasteiger partial charge >= 0.3 is 0 Å². The monoisotopic (exact) mass is 629 g/mol. The predicted octanol–water partition coefficient (Wildman–Crippen LogP) is 6.36. The first kappa shape index (κ1) is 31.0. The number of anilines is 1. The van der Waals surface area contributed by atoms with Gasteiger partial charge in [-0.1, -0.05) is 77.1 Å². The lowest BCUT2D eigenvalue weighted by Gasteiger charge is -2.33. The van der Waals surface area contributed by atoms with Gasteiger partial charge in [-0.05, 0) is 61.4 Å². The number of amides is 2. The molecule has 0 aliphatic rings. The molecule has 1 atom stereocenters. The second-order valence-corrected chi connectivity index (χ2v) is 12.2. The highest BCUT2D eigenvalue weighted by molar-refractivity contribution is 7.92. The number of likely N-dealkylation sites (N-methyl/N-ethyl adjacent to an activating group) is 1. The first-order valence-electron chi connectivity index (χ1n) is 11.9. The molecule has 3 aromatic rings. The van der Waals surface area contributed by atoms with Crippen LogP contribution in [0.25, 0.3) is 0 Å². The summed E-state index contributed by atoms with van der Waals surface area (Å²) in [6.07, 6.45) is 0.272. The predicted molar refractivity (Wildman–Crippen MR) is 157 cm³/mol. The fourth-order valence-corrected chi connectivity index (χ4v) is 6.09. The number of carbonyl (C=O) groups is 2. The molecule has 0 fully saturated rings. The Kier molecular flexibility index (Phi) is 10.5. The van der Waals surface area contributed by atoms with Crippen molar-refractivity contribution in [1.29, 1.82) is 0 Å². The summed E-state index contributed by atoms with van der Waals surface area (Å²) in [5.74, 6) is -1.03. The van der Waals surface area contributed by atoms with Crippen molar-refractivity contribution in [2.75, 3.05) is 17.9 Å². The molecule has 0 saturated carbocycles. The highest BCUT2D eigenvalue weighted by Crippen LogP contribution is 2.31. The number of rotatable bonds is 10. The van der Waals surface area contributed by atoms with E-state index in [1.54, 1.807) is 31.2 Å². The second kappa shape index (κ2) is 13.2. The molecular formula is C27H27Cl4N3O4S. The van der Waals surface area contributed by atoms with E-state index in [-0.39, 0.29) is 33.6 Å². The number of nitrogens with zero attached hydrogens (tertiary/aromatic N) is 2. The largest absolute Gasteiger partial charge is 0.357 e. The van der Waals surface area contributed by atoms with Gasteiger partial charge in [0.15, 0.2) is 0 Å². The van der Waals surface area contributed by atoms with Crippen LogP contribution in [0.15, 0.2) is 65.6 Å². The molecule has 0 aliphatic carbocycles. The average molecular weight is 631 g/mol. The molecule has 0 saturated heterocycles. The molecule has 3 rings (SSSR count).